The molecule has 0 saturated carbocycles. The Morgan fingerprint density at radius 2 is 2.32 bits per heavy atom. The first kappa shape index (κ1) is 14.7. The van der Waals surface area contributed by atoms with E-state index in [1.165, 1.54) is 5.69 Å². The molecule has 19 heavy (non-hydrogen) atoms. The van der Waals surface area contributed by atoms with Gasteiger partial charge in [-0.05, 0) is 43.7 Å². The van der Waals surface area contributed by atoms with Crippen LogP contribution in [0.25, 0.3) is 0 Å². The van der Waals surface area contributed by atoms with Crippen LogP contribution in [-0.2, 0) is 6.54 Å². The van der Waals surface area contributed by atoms with Gasteiger partial charge in [0.2, 0.25) is 0 Å². The van der Waals surface area contributed by atoms with Gasteiger partial charge in [-0.3, -0.25) is 0 Å². The van der Waals surface area contributed by atoms with Crippen molar-refractivity contribution in [3.8, 4) is 0 Å². The maximum Gasteiger partial charge on any atom is 0.123 e. The average Bonchev–Trinajstić information content (AvgIpc) is 2.40. The van der Waals surface area contributed by atoms with E-state index < -0.39 is 0 Å². The van der Waals surface area contributed by atoms with Crippen molar-refractivity contribution in [3.05, 3.63) is 29.6 Å². The van der Waals surface area contributed by atoms with Gasteiger partial charge in [0.05, 0.1) is 0 Å². The Labute approximate surface area is 119 Å². The molecule has 1 fully saturated rings. The van der Waals surface area contributed by atoms with E-state index in [-0.39, 0.29) is 5.82 Å². The van der Waals surface area contributed by atoms with Gasteiger partial charge in [0, 0.05) is 36.3 Å². The summed E-state index contributed by atoms with van der Waals surface area (Å²) in [6.07, 6.45) is 1.10. The van der Waals surface area contributed by atoms with Crippen molar-refractivity contribution in [1.82, 2.24) is 5.32 Å². The SMILES string of the molecule is CCCNCc1cc(F)ccc1N1CCSCC1C. The van der Waals surface area contributed by atoms with Crippen LogP contribution in [0.3, 0.4) is 0 Å². The van der Waals surface area contributed by atoms with E-state index in [1.807, 2.05) is 17.8 Å². The second-order valence-corrected chi connectivity index (χ2v) is 6.22. The first-order valence-electron chi connectivity index (χ1n) is 7.06. The predicted octanol–water partition coefficient (Wildman–Crippen LogP) is 3.27. The molecule has 1 aliphatic heterocycles. The molecule has 1 aromatic carbocycles. The minimum absolute atomic E-state index is 0.143. The molecular weight excluding hydrogens is 259 g/mol. The smallest absolute Gasteiger partial charge is 0.123 e. The van der Waals surface area contributed by atoms with Gasteiger partial charge in [0.25, 0.3) is 0 Å². The summed E-state index contributed by atoms with van der Waals surface area (Å²) < 4.78 is 13.5. The van der Waals surface area contributed by atoms with E-state index >= 15 is 0 Å². The molecule has 1 saturated heterocycles. The zero-order valence-corrected chi connectivity index (χ0v) is 12.6. The van der Waals surface area contributed by atoms with Crippen molar-refractivity contribution in [2.24, 2.45) is 0 Å². The van der Waals surface area contributed by atoms with Crippen LogP contribution >= 0.6 is 11.8 Å². The maximum atomic E-state index is 13.5. The highest BCUT2D eigenvalue weighted by Gasteiger charge is 2.21. The summed E-state index contributed by atoms with van der Waals surface area (Å²) in [5.74, 6) is 2.17. The number of nitrogens with one attached hydrogen (secondary N) is 1. The molecule has 1 atom stereocenters. The minimum atomic E-state index is -0.143. The summed E-state index contributed by atoms with van der Waals surface area (Å²) in [5.41, 5.74) is 2.27. The Morgan fingerprint density at radius 1 is 1.47 bits per heavy atom. The van der Waals surface area contributed by atoms with Gasteiger partial charge < -0.3 is 10.2 Å². The quantitative estimate of drug-likeness (QED) is 0.835. The molecule has 4 heteroatoms. The van der Waals surface area contributed by atoms with Crippen LogP contribution in [0.5, 0.6) is 0 Å². The van der Waals surface area contributed by atoms with E-state index in [0.29, 0.717) is 6.04 Å². The van der Waals surface area contributed by atoms with E-state index in [4.69, 9.17) is 0 Å². The lowest BCUT2D eigenvalue weighted by Crippen LogP contribution is -2.41. The Balaban J connectivity index is 2.17. The first-order valence-corrected chi connectivity index (χ1v) is 8.21. The summed E-state index contributed by atoms with van der Waals surface area (Å²) in [6.45, 7) is 7.17. The van der Waals surface area contributed by atoms with Crippen molar-refractivity contribution in [1.29, 1.82) is 0 Å². The highest BCUT2D eigenvalue weighted by Crippen LogP contribution is 2.27. The van der Waals surface area contributed by atoms with Crippen LogP contribution < -0.4 is 10.2 Å². The molecule has 0 spiro atoms. The normalized spacial score (nSPS) is 19.7. The molecule has 1 aliphatic rings. The lowest BCUT2D eigenvalue weighted by Gasteiger charge is -2.36. The average molecular weight is 282 g/mol. The van der Waals surface area contributed by atoms with Gasteiger partial charge in [0.15, 0.2) is 0 Å². The van der Waals surface area contributed by atoms with Crippen LogP contribution in [0, 0.1) is 5.82 Å². The second-order valence-electron chi connectivity index (χ2n) is 5.07. The third-order valence-electron chi connectivity index (χ3n) is 3.46. The number of nitrogens with zero attached hydrogens (tertiary/aromatic N) is 1. The van der Waals surface area contributed by atoms with Crippen molar-refractivity contribution < 1.29 is 4.39 Å². The van der Waals surface area contributed by atoms with Gasteiger partial charge in [0.1, 0.15) is 5.82 Å². The van der Waals surface area contributed by atoms with Gasteiger partial charge >= 0.3 is 0 Å². The fourth-order valence-electron chi connectivity index (χ4n) is 2.46. The Kier molecular flexibility index (Phi) is 5.52. The number of hydrogen-bond donors (Lipinski definition) is 1. The van der Waals surface area contributed by atoms with Crippen LogP contribution in [0.15, 0.2) is 18.2 Å². The van der Waals surface area contributed by atoms with Gasteiger partial charge in [-0.1, -0.05) is 6.92 Å². The summed E-state index contributed by atoms with van der Waals surface area (Å²) >= 11 is 2.00. The number of anilines is 1. The molecule has 2 rings (SSSR count). The van der Waals surface area contributed by atoms with Crippen LogP contribution in [0.2, 0.25) is 0 Å². The van der Waals surface area contributed by atoms with Gasteiger partial charge in [-0.2, -0.15) is 11.8 Å². The van der Waals surface area contributed by atoms with Gasteiger partial charge in [-0.15, -0.1) is 0 Å². The highest BCUT2D eigenvalue weighted by molar-refractivity contribution is 7.99. The van der Waals surface area contributed by atoms with Crippen LogP contribution in [0.1, 0.15) is 25.8 Å². The van der Waals surface area contributed by atoms with Crippen molar-refractivity contribution in [3.63, 3.8) is 0 Å². The molecule has 0 amide bonds. The molecule has 1 aromatic rings. The van der Waals surface area contributed by atoms with Gasteiger partial charge in [-0.25, -0.2) is 4.39 Å². The summed E-state index contributed by atoms with van der Waals surface area (Å²) in [7, 11) is 0. The molecule has 0 aliphatic carbocycles. The zero-order valence-electron chi connectivity index (χ0n) is 11.8. The topological polar surface area (TPSA) is 15.3 Å². The van der Waals surface area contributed by atoms with E-state index in [0.717, 1.165) is 43.1 Å². The zero-order chi connectivity index (χ0) is 13.7. The summed E-state index contributed by atoms with van der Waals surface area (Å²) in [5, 5.41) is 3.37. The number of halogens is 1. The molecular formula is C15H23FN2S. The third kappa shape index (κ3) is 3.86. The lowest BCUT2D eigenvalue weighted by atomic mass is 10.1. The minimum Gasteiger partial charge on any atom is -0.367 e. The number of thioether (sulfide) groups is 1. The number of rotatable bonds is 5. The summed E-state index contributed by atoms with van der Waals surface area (Å²) in [4.78, 5) is 2.42. The standard InChI is InChI=1S/C15H23FN2S/c1-3-6-17-10-13-9-14(16)4-5-15(13)18-7-8-19-11-12(18)2/h4-5,9,12,17H,3,6-8,10-11H2,1-2H3. The molecule has 1 unspecified atom stereocenters. The highest BCUT2D eigenvalue weighted by atomic mass is 32.2. The van der Waals surface area contributed by atoms with E-state index in [1.54, 1.807) is 12.1 Å². The largest absolute Gasteiger partial charge is 0.367 e. The molecule has 1 N–H and O–H groups in total. The Hall–Kier alpha value is -0.740. The molecule has 0 aromatic heterocycles. The first-order chi connectivity index (χ1) is 9.22. The second kappa shape index (κ2) is 7.15. The maximum absolute atomic E-state index is 13.5. The number of benzene rings is 1. The molecule has 106 valence electrons. The molecule has 2 nitrogen and oxygen atoms in total. The monoisotopic (exact) mass is 282 g/mol. The van der Waals surface area contributed by atoms with Crippen molar-refractivity contribution >= 4 is 17.4 Å². The van der Waals surface area contributed by atoms with Crippen molar-refractivity contribution in [2.45, 2.75) is 32.9 Å². The Bertz CT molecular complexity index is 411. The lowest BCUT2D eigenvalue weighted by molar-refractivity contribution is 0.615. The number of hydrogen-bond acceptors (Lipinski definition) is 3. The van der Waals surface area contributed by atoms with E-state index in [9.17, 15) is 4.39 Å². The predicted molar refractivity (Wildman–Crippen MR) is 82.5 cm³/mol. The van der Waals surface area contributed by atoms with Crippen molar-refractivity contribution in [2.75, 3.05) is 29.5 Å². The summed E-state index contributed by atoms with van der Waals surface area (Å²) in [6, 6.07) is 5.71. The van der Waals surface area contributed by atoms with Crippen LogP contribution in [-0.4, -0.2) is 30.6 Å². The van der Waals surface area contributed by atoms with E-state index in [2.05, 4.69) is 24.1 Å². The fourth-order valence-corrected chi connectivity index (χ4v) is 3.47. The molecule has 1 heterocycles. The Morgan fingerprint density at radius 3 is 3.05 bits per heavy atom. The van der Waals surface area contributed by atoms with Crippen LogP contribution in [0.4, 0.5) is 10.1 Å². The fraction of sp³-hybridized carbons (Fsp3) is 0.600. The molecule has 0 bridgehead atoms. The third-order valence-corrected chi connectivity index (χ3v) is 4.65. The molecule has 0 radical (unpaired) electrons.